The summed E-state index contributed by atoms with van der Waals surface area (Å²) in [6, 6.07) is 0. The molecule has 0 aliphatic carbocycles. The third-order valence-electron chi connectivity index (χ3n) is 4.00. The minimum absolute atomic E-state index is 0.0973. The molecule has 0 aliphatic rings. The summed E-state index contributed by atoms with van der Waals surface area (Å²) in [5.41, 5.74) is 2.33. The van der Waals surface area contributed by atoms with Gasteiger partial charge >= 0.3 is 11.9 Å². The van der Waals surface area contributed by atoms with E-state index in [9.17, 15) is 19.2 Å². The summed E-state index contributed by atoms with van der Waals surface area (Å²) in [4.78, 5) is 48.2. The predicted octanol–water partition coefficient (Wildman–Crippen LogP) is 2.41. The number of hydrogen-bond donors (Lipinski definition) is 0. The van der Waals surface area contributed by atoms with Gasteiger partial charge in [0, 0.05) is 11.1 Å². The van der Waals surface area contributed by atoms with E-state index in [1.165, 1.54) is 0 Å². The maximum absolute atomic E-state index is 12.3. The molecule has 6 heteroatoms. The Hall–Kier alpha value is -2.50. The zero-order valence-corrected chi connectivity index (χ0v) is 14.9. The van der Waals surface area contributed by atoms with Crippen molar-refractivity contribution in [2.75, 3.05) is 13.2 Å². The topological polar surface area (TPSA) is 86.7 Å². The standard InChI is InChI=1S/C18H22O6/c1-7-23-17(21)15(19)13-9(3)11(5)14(12(6)10(13)4)16(20)18(22)24-8-2/h7-8H2,1-6H3. The maximum atomic E-state index is 12.3. The van der Waals surface area contributed by atoms with E-state index in [0.29, 0.717) is 22.3 Å². The van der Waals surface area contributed by atoms with Crippen molar-refractivity contribution in [2.45, 2.75) is 41.5 Å². The van der Waals surface area contributed by atoms with Crippen molar-refractivity contribution in [1.82, 2.24) is 0 Å². The molecule has 0 aliphatic heterocycles. The summed E-state index contributed by atoms with van der Waals surface area (Å²) in [5.74, 6) is -3.39. The molecule has 0 aromatic heterocycles. The quantitative estimate of drug-likeness (QED) is 0.451. The van der Waals surface area contributed by atoms with Crippen molar-refractivity contribution in [3.05, 3.63) is 33.4 Å². The van der Waals surface area contributed by atoms with E-state index in [2.05, 4.69) is 0 Å². The van der Waals surface area contributed by atoms with Crippen LogP contribution in [0.1, 0.15) is 56.8 Å². The van der Waals surface area contributed by atoms with Crippen molar-refractivity contribution in [2.24, 2.45) is 0 Å². The third-order valence-corrected chi connectivity index (χ3v) is 4.00. The van der Waals surface area contributed by atoms with Crippen LogP contribution in [-0.2, 0) is 19.1 Å². The Labute approximate surface area is 141 Å². The second-order valence-electron chi connectivity index (χ2n) is 5.35. The fourth-order valence-electron chi connectivity index (χ4n) is 2.59. The van der Waals surface area contributed by atoms with Gasteiger partial charge in [0.25, 0.3) is 11.6 Å². The molecule has 0 heterocycles. The van der Waals surface area contributed by atoms with Gasteiger partial charge in [-0.2, -0.15) is 0 Å². The number of carbonyl (C=O) groups is 4. The summed E-state index contributed by atoms with van der Waals surface area (Å²) in [6.07, 6.45) is 0. The van der Waals surface area contributed by atoms with Gasteiger partial charge in [-0.25, -0.2) is 9.59 Å². The van der Waals surface area contributed by atoms with E-state index >= 15 is 0 Å². The average Bonchev–Trinajstić information content (AvgIpc) is 2.53. The highest BCUT2D eigenvalue weighted by atomic mass is 16.5. The van der Waals surface area contributed by atoms with Crippen LogP contribution in [0, 0.1) is 27.7 Å². The van der Waals surface area contributed by atoms with Crippen LogP contribution in [0.2, 0.25) is 0 Å². The molecule has 0 spiro atoms. The van der Waals surface area contributed by atoms with Crippen LogP contribution in [0.5, 0.6) is 0 Å². The van der Waals surface area contributed by atoms with Gasteiger partial charge in [0.05, 0.1) is 13.2 Å². The number of benzene rings is 1. The highest BCUT2D eigenvalue weighted by molar-refractivity contribution is 6.43. The van der Waals surface area contributed by atoms with Gasteiger partial charge in [-0.05, 0) is 63.8 Å². The van der Waals surface area contributed by atoms with Crippen LogP contribution in [0.25, 0.3) is 0 Å². The van der Waals surface area contributed by atoms with Crippen molar-refractivity contribution in [3.8, 4) is 0 Å². The number of Topliss-reactive ketones (excluding diaryl/α,β-unsaturated/α-hetero) is 2. The lowest BCUT2D eigenvalue weighted by Gasteiger charge is -2.18. The van der Waals surface area contributed by atoms with Gasteiger partial charge in [0.2, 0.25) is 0 Å². The molecular formula is C18H22O6. The van der Waals surface area contributed by atoms with E-state index in [0.717, 1.165) is 0 Å². The lowest BCUT2D eigenvalue weighted by molar-refractivity contribution is -0.138. The molecule has 24 heavy (non-hydrogen) atoms. The first-order valence-corrected chi connectivity index (χ1v) is 7.72. The van der Waals surface area contributed by atoms with E-state index in [1.807, 2.05) is 0 Å². The Balaban J connectivity index is 3.52. The van der Waals surface area contributed by atoms with Gasteiger partial charge in [-0.3, -0.25) is 9.59 Å². The summed E-state index contributed by atoms with van der Waals surface area (Å²) < 4.78 is 9.53. The number of carbonyl (C=O) groups excluding carboxylic acids is 4. The van der Waals surface area contributed by atoms with Crippen molar-refractivity contribution in [3.63, 3.8) is 0 Å². The number of ketones is 2. The lowest BCUT2D eigenvalue weighted by Crippen LogP contribution is -2.24. The number of esters is 2. The summed E-state index contributed by atoms with van der Waals surface area (Å²) in [7, 11) is 0. The first-order valence-electron chi connectivity index (χ1n) is 7.72. The van der Waals surface area contributed by atoms with Crippen LogP contribution in [0.4, 0.5) is 0 Å². The maximum Gasteiger partial charge on any atom is 0.379 e. The highest BCUT2D eigenvalue weighted by Crippen LogP contribution is 2.28. The fraction of sp³-hybridized carbons (Fsp3) is 0.444. The number of ether oxygens (including phenoxy) is 2. The molecule has 0 saturated carbocycles. The van der Waals surface area contributed by atoms with Crippen molar-refractivity contribution >= 4 is 23.5 Å². The highest BCUT2D eigenvalue weighted by Gasteiger charge is 2.29. The van der Waals surface area contributed by atoms with Gasteiger partial charge in [0.15, 0.2) is 0 Å². The molecular weight excluding hydrogens is 312 g/mol. The molecule has 0 fully saturated rings. The molecule has 0 radical (unpaired) electrons. The van der Waals surface area contributed by atoms with Crippen molar-refractivity contribution < 1.29 is 28.7 Å². The molecule has 0 N–H and O–H groups in total. The Kier molecular flexibility index (Phi) is 6.40. The molecule has 6 nitrogen and oxygen atoms in total. The Morgan fingerprint density at radius 3 is 1.08 bits per heavy atom. The van der Waals surface area contributed by atoms with E-state index < -0.39 is 23.5 Å². The van der Waals surface area contributed by atoms with Crippen LogP contribution >= 0.6 is 0 Å². The minimum atomic E-state index is -0.938. The SMILES string of the molecule is CCOC(=O)C(=O)c1c(C)c(C)c(C(=O)C(=O)OCC)c(C)c1C. The molecule has 130 valence electrons. The van der Waals surface area contributed by atoms with Gasteiger partial charge in [-0.1, -0.05) is 0 Å². The Morgan fingerprint density at radius 2 is 0.875 bits per heavy atom. The smallest absolute Gasteiger partial charge is 0.379 e. The largest absolute Gasteiger partial charge is 0.460 e. The Bertz CT molecular complexity index is 625. The van der Waals surface area contributed by atoms with Crippen LogP contribution in [0.15, 0.2) is 0 Å². The molecule has 1 aromatic rings. The minimum Gasteiger partial charge on any atom is -0.460 e. The fourth-order valence-corrected chi connectivity index (χ4v) is 2.59. The zero-order chi connectivity index (χ0) is 18.6. The molecule has 0 atom stereocenters. The second kappa shape index (κ2) is 7.86. The average molecular weight is 334 g/mol. The molecule has 1 aromatic carbocycles. The van der Waals surface area contributed by atoms with Crippen LogP contribution in [-0.4, -0.2) is 36.7 Å². The van der Waals surface area contributed by atoms with E-state index in [-0.39, 0.29) is 24.3 Å². The van der Waals surface area contributed by atoms with Crippen LogP contribution in [0.3, 0.4) is 0 Å². The number of rotatable bonds is 6. The predicted molar refractivity (Wildman–Crippen MR) is 87.3 cm³/mol. The summed E-state index contributed by atoms with van der Waals surface area (Å²) >= 11 is 0. The molecule has 0 saturated heterocycles. The van der Waals surface area contributed by atoms with E-state index in [4.69, 9.17) is 9.47 Å². The van der Waals surface area contributed by atoms with Gasteiger partial charge in [0.1, 0.15) is 0 Å². The third kappa shape index (κ3) is 3.53. The normalized spacial score (nSPS) is 10.2. The molecule has 0 bridgehead atoms. The van der Waals surface area contributed by atoms with Crippen molar-refractivity contribution in [1.29, 1.82) is 0 Å². The summed E-state index contributed by atoms with van der Waals surface area (Å²) in [6.45, 7) is 9.96. The first kappa shape index (κ1) is 19.5. The Morgan fingerprint density at radius 1 is 0.625 bits per heavy atom. The van der Waals surface area contributed by atoms with E-state index in [1.54, 1.807) is 41.5 Å². The molecule has 0 amide bonds. The second-order valence-corrected chi connectivity index (χ2v) is 5.35. The first-order chi connectivity index (χ1) is 11.2. The lowest BCUT2D eigenvalue weighted by atomic mass is 9.85. The van der Waals surface area contributed by atoms with Gasteiger partial charge in [-0.15, -0.1) is 0 Å². The molecule has 0 unspecified atom stereocenters. The zero-order valence-electron chi connectivity index (χ0n) is 14.9. The summed E-state index contributed by atoms with van der Waals surface area (Å²) in [5, 5.41) is 0. The molecule has 1 rings (SSSR count). The van der Waals surface area contributed by atoms with Gasteiger partial charge < -0.3 is 9.47 Å². The number of hydrogen-bond acceptors (Lipinski definition) is 6. The monoisotopic (exact) mass is 334 g/mol. The van der Waals surface area contributed by atoms with Crippen LogP contribution < -0.4 is 0 Å².